The molecule has 2 aromatic carbocycles. The summed E-state index contributed by atoms with van der Waals surface area (Å²) in [5, 5.41) is 5.54. The maximum atomic E-state index is 13.5. The normalized spacial score (nSPS) is 21.6. The van der Waals surface area contributed by atoms with E-state index in [1.807, 2.05) is 16.3 Å². The molecule has 1 aromatic heterocycles. The van der Waals surface area contributed by atoms with Gasteiger partial charge in [-0.2, -0.15) is 0 Å². The van der Waals surface area contributed by atoms with E-state index in [0.29, 0.717) is 29.0 Å². The van der Waals surface area contributed by atoms with Crippen LogP contribution in [0.25, 0.3) is 10.4 Å². The van der Waals surface area contributed by atoms with E-state index in [1.54, 1.807) is 35.6 Å². The molecule has 0 spiro atoms. The molecule has 0 radical (unpaired) electrons. The van der Waals surface area contributed by atoms with Crippen LogP contribution in [0.3, 0.4) is 0 Å². The summed E-state index contributed by atoms with van der Waals surface area (Å²) in [4.78, 5) is 29.1. The van der Waals surface area contributed by atoms with Crippen LogP contribution < -0.4 is 5.32 Å². The summed E-state index contributed by atoms with van der Waals surface area (Å²) >= 11 is 7.61. The van der Waals surface area contributed by atoms with Crippen LogP contribution in [0.4, 0.5) is 0 Å². The molecule has 1 aliphatic carbocycles. The quantitative estimate of drug-likeness (QED) is 0.575. The minimum Gasteiger partial charge on any atom is -0.350 e. The van der Waals surface area contributed by atoms with E-state index in [-0.39, 0.29) is 17.9 Å². The summed E-state index contributed by atoms with van der Waals surface area (Å²) in [6, 6.07) is 17.2. The molecule has 2 amide bonds. The molecular formula is C25H23ClN2O2S. The van der Waals surface area contributed by atoms with Crippen LogP contribution >= 0.6 is 22.9 Å². The van der Waals surface area contributed by atoms with E-state index in [1.165, 1.54) is 5.56 Å². The zero-order chi connectivity index (χ0) is 21.5. The fourth-order valence-electron chi connectivity index (χ4n) is 4.56. The molecule has 1 aliphatic heterocycles. The zero-order valence-corrected chi connectivity index (χ0v) is 18.7. The van der Waals surface area contributed by atoms with Crippen molar-refractivity contribution in [2.45, 2.75) is 19.4 Å². The number of rotatable bonds is 5. The van der Waals surface area contributed by atoms with Gasteiger partial charge in [-0.1, -0.05) is 47.5 Å². The van der Waals surface area contributed by atoms with Crippen molar-refractivity contribution in [3.8, 4) is 10.4 Å². The molecule has 2 heterocycles. The maximum Gasteiger partial charge on any atom is 0.255 e. The third kappa shape index (κ3) is 4.00. The van der Waals surface area contributed by atoms with Gasteiger partial charge in [-0.3, -0.25) is 9.59 Å². The summed E-state index contributed by atoms with van der Waals surface area (Å²) in [6.45, 7) is 3.29. The first kappa shape index (κ1) is 20.3. The topological polar surface area (TPSA) is 49.4 Å². The van der Waals surface area contributed by atoms with Crippen molar-refractivity contribution in [2.24, 2.45) is 11.8 Å². The van der Waals surface area contributed by atoms with Crippen molar-refractivity contribution >= 4 is 34.8 Å². The highest BCUT2D eigenvalue weighted by Gasteiger charge is 2.54. The first-order chi connectivity index (χ1) is 15.0. The molecule has 1 saturated carbocycles. The second kappa shape index (κ2) is 8.13. The number of nitrogens with zero attached hydrogens (tertiary/aromatic N) is 1. The Morgan fingerprint density at radius 1 is 1.16 bits per heavy atom. The highest BCUT2D eigenvalue weighted by Crippen LogP contribution is 2.50. The molecule has 0 bridgehead atoms. The first-order valence-electron chi connectivity index (χ1n) is 10.5. The molecule has 31 heavy (non-hydrogen) atoms. The molecule has 3 aromatic rings. The van der Waals surface area contributed by atoms with Gasteiger partial charge in [0, 0.05) is 28.6 Å². The Bertz CT molecular complexity index is 1140. The Labute approximate surface area is 190 Å². The Balaban J connectivity index is 1.32. The van der Waals surface area contributed by atoms with E-state index < -0.39 is 0 Å². The van der Waals surface area contributed by atoms with Gasteiger partial charge in [0.25, 0.3) is 11.8 Å². The number of aryl methyl sites for hydroxylation is 1. The second-order valence-corrected chi connectivity index (χ2v) is 9.79. The number of amides is 2. The average Bonchev–Trinajstić information content (AvgIpc) is 3.20. The molecule has 1 unspecified atom stereocenters. The summed E-state index contributed by atoms with van der Waals surface area (Å²) < 4.78 is 0. The highest BCUT2D eigenvalue weighted by molar-refractivity contribution is 7.14. The number of nitrogens with one attached hydrogen (secondary N) is 1. The van der Waals surface area contributed by atoms with Crippen LogP contribution in [-0.4, -0.2) is 35.8 Å². The minimum atomic E-state index is -0.158. The van der Waals surface area contributed by atoms with Gasteiger partial charge >= 0.3 is 0 Å². The van der Waals surface area contributed by atoms with Crippen LogP contribution in [0.5, 0.6) is 0 Å². The summed E-state index contributed by atoms with van der Waals surface area (Å²) in [5.74, 6) is 0.935. The fourth-order valence-corrected chi connectivity index (χ4v) is 5.64. The van der Waals surface area contributed by atoms with Gasteiger partial charge in [-0.25, -0.2) is 0 Å². The number of hydrogen-bond acceptors (Lipinski definition) is 3. The standard InChI is InChI=1S/C25H23ClN2O2S/c1-15-5-7-16(8-6-15)23-20(9-10-31-23)25(30)28-14-18-12-21(18)22(28)13-27-24(29)17-3-2-4-19(26)11-17/h2-11,18,21-22H,12-14H2,1H3,(H,27,29)/t18-,21?,22+/m0/s1. The van der Waals surface area contributed by atoms with Gasteiger partial charge in [0.2, 0.25) is 0 Å². The van der Waals surface area contributed by atoms with Gasteiger partial charge in [0.1, 0.15) is 0 Å². The van der Waals surface area contributed by atoms with E-state index in [2.05, 4.69) is 36.5 Å². The molecule has 1 saturated heterocycles. The van der Waals surface area contributed by atoms with Gasteiger partial charge in [0.05, 0.1) is 11.6 Å². The van der Waals surface area contributed by atoms with Crippen molar-refractivity contribution in [3.63, 3.8) is 0 Å². The lowest BCUT2D eigenvalue weighted by Gasteiger charge is -2.28. The van der Waals surface area contributed by atoms with Crippen LogP contribution in [0.15, 0.2) is 60.0 Å². The monoisotopic (exact) mass is 450 g/mol. The molecule has 1 N–H and O–H groups in total. The Kier molecular flexibility index (Phi) is 5.32. The summed E-state index contributed by atoms with van der Waals surface area (Å²) in [7, 11) is 0. The average molecular weight is 451 g/mol. The number of thiophene rings is 1. The number of carbonyl (C=O) groups is 2. The number of benzene rings is 2. The molecule has 2 fully saturated rings. The molecule has 4 nitrogen and oxygen atoms in total. The summed E-state index contributed by atoms with van der Waals surface area (Å²) in [6.07, 6.45) is 1.13. The smallest absolute Gasteiger partial charge is 0.255 e. The van der Waals surface area contributed by atoms with Crippen molar-refractivity contribution < 1.29 is 9.59 Å². The predicted octanol–water partition coefficient (Wildman–Crippen LogP) is 5.27. The first-order valence-corrected chi connectivity index (χ1v) is 11.8. The molecule has 3 atom stereocenters. The largest absolute Gasteiger partial charge is 0.350 e. The number of likely N-dealkylation sites (tertiary alicyclic amines) is 1. The predicted molar refractivity (Wildman–Crippen MR) is 125 cm³/mol. The van der Waals surface area contributed by atoms with Crippen molar-refractivity contribution in [2.75, 3.05) is 13.1 Å². The molecule has 2 aliphatic rings. The number of hydrogen-bond donors (Lipinski definition) is 1. The van der Waals surface area contributed by atoms with Gasteiger partial charge in [-0.05, 0) is 60.4 Å². The number of fused-ring (bicyclic) bond motifs is 1. The van der Waals surface area contributed by atoms with Crippen molar-refractivity contribution in [1.29, 1.82) is 0 Å². The lowest BCUT2D eigenvalue weighted by molar-refractivity contribution is 0.0696. The maximum absolute atomic E-state index is 13.5. The summed E-state index contributed by atoms with van der Waals surface area (Å²) in [5.41, 5.74) is 3.55. The Morgan fingerprint density at radius 2 is 1.97 bits per heavy atom. The zero-order valence-electron chi connectivity index (χ0n) is 17.2. The van der Waals surface area contributed by atoms with Crippen molar-refractivity contribution in [3.05, 3.63) is 81.7 Å². The second-order valence-electron chi connectivity index (χ2n) is 8.43. The van der Waals surface area contributed by atoms with Crippen LogP contribution in [0.1, 0.15) is 32.7 Å². The van der Waals surface area contributed by atoms with Crippen LogP contribution in [-0.2, 0) is 0 Å². The lowest BCUT2D eigenvalue weighted by Crippen LogP contribution is -2.45. The van der Waals surface area contributed by atoms with E-state index in [9.17, 15) is 9.59 Å². The minimum absolute atomic E-state index is 0.0337. The lowest BCUT2D eigenvalue weighted by atomic mass is 10.1. The Hall–Kier alpha value is -2.63. The number of halogens is 1. The molecule has 5 rings (SSSR count). The van der Waals surface area contributed by atoms with Crippen LogP contribution in [0, 0.1) is 18.8 Å². The third-order valence-corrected chi connectivity index (χ3v) is 7.53. The highest BCUT2D eigenvalue weighted by atomic mass is 35.5. The molecular weight excluding hydrogens is 428 g/mol. The SMILES string of the molecule is Cc1ccc(-c2sccc2C(=O)N2C[C@@H]3CC3[C@H]2CNC(=O)c2cccc(Cl)c2)cc1. The number of carbonyl (C=O) groups excluding carboxylic acids is 2. The Morgan fingerprint density at radius 3 is 2.74 bits per heavy atom. The van der Waals surface area contributed by atoms with Gasteiger partial charge < -0.3 is 10.2 Å². The van der Waals surface area contributed by atoms with Crippen molar-refractivity contribution in [1.82, 2.24) is 10.2 Å². The van der Waals surface area contributed by atoms with Gasteiger partial charge in [-0.15, -0.1) is 11.3 Å². The third-order valence-electron chi connectivity index (χ3n) is 6.33. The van der Waals surface area contributed by atoms with Crippen LogP contribution in [0.2, 0.25) is 5.02 Å². The molecule has 6 heteroatoms. The van der Waals surface area contributed by atoms with Gasteiger partial charge in [0.15, 0.2) is 0 Å². The number of piperidine rings is 1. The molecule has 158 valence electrons. The van der Waals surface area contributed by atoms with E-state index >= 15 is 0 Å². The fraction of sp³-hybridized carbons (Fsp3) is 0.280. The van der Waals surface area contributed by atoms with E-state index in [0.717, 1.165) is 29.0 Å². The van der Waals surface area contributed by atoms with E-state index in [4.69, 9.17) is 11.6 Å².